The normalized spacial score (nSPS) is 10.7. The highest BCUT2D eigenvalue weighted by Gasteiger charge is 1.98. The van der Waals surface area contributed by atoms with Gasteiger partial charge < -0.3 is 4.74 Å². The quantitative estimate of drug-likeness (QED) is 0.353. The lowest BCUT2D eigenvalue weighted by Gasteiger charge is -2.08. The van der Waals surface area contributed by atoms with E-state index < -0.39 is 0 Å². The Morgan fingerprint density at radius 3 is 1.95 bits per heavy atom. The van der Waals surface area contributed by atoms with E-state index in [9.17, 15) is 0 Å². The zero-order valence-electron chi connectivity index (χ0n) is 12.9. The second-order valence-corrected chi connectivity index (χ2v) is 5.98. The molecule has 0 amide bonds. The van der Waals surface area contributed by atoms with Crippen LogP contribution >= 0.6 is 12.6 Å². The molecule has 1 aromatic carbocycles. The van der Waals surface area contributed by atoms with Gasteiger partial charge in [-0.2, -0.15) is 0 Å². The molecule has 0 aliphatic heterocycles. The number of thiol groups is 1. The van der Waals surface area contributed by atoms with Crippen LogP contribution in [0.2, 0.25) is 0 Å². The molecule has 0 bridgehead atoms. The maximum Gasteiger partial charge on any atom is 0.132 e. The average molecular weight is 295 g/mol. The second-order valence-electron chi connectivity index (χ2n) is 5.50. The third-order valence-electron chi connectivity index (χ3n) is 3.62. The van der Waals surface area contributed by atoms with Gasteiger partial charge in [0.2, 0.25) is 0 Å². The first kappa shape index (κ1) is 17.4. The number of benzene rings is 1. The first-order valence-electron chi connectivity index (χ1n) is 8.25. The Labute approximate surface area is 130 Å². The van der Waals surface area contributed by atoms with Crippen molar-refractivity contribution >= 4 is 12.6 Å². The van der Waals surface area contributed by atoms with Gasteiger partial charge in [-0.25, -0.2) is 0 Å². The molecule has 2 heteroatoms. The molecule has 0 radical (unpaired) electrons. The molecule has 0 aliphatic rings. The molecular weight excluding hydrogens is 264 g/mol. The largest absolute Gasteiger partial charge is 0.492 e. The lowest BCUT2D eigenvalue weighted by molar-refractivity contribution is 0.298. The van der Waals surface area contributed by atoms with Crippen molar-refractivity contribution in [1.29, 1.82) is 0 Å². The molecule has 1 rings (SSSR count). The Hall–Kier alpha value is -0.630. The fourth-order valence-electron chi connectivity index (χ4n) is 2.35. The van der Waals surface area contributed by atoms with Gasteiger partial charge in [-0.3, -0.25) is 0 Å². The molecule has 0 atom stereocenters. The standard InChI is InChI=1S/C18H30OS/c1-2-3-4-5-6-7-8-9-10-13-16-19-17-14-11-12-15-18(17)20/h11-12,14-15,20H,2-10,13,16H2,1H3. The molecule has 0 aliphatic carbocycles. The van der Waals surface area contributed by atoms with Crippen molar-refractivity contribution in [2.75, 3.05) is 6.61 Å². The minimum absolute atomic E-state index is 0.814. The summed E-state index contributed by atoms with van der Waals surface area (Å²) in [5.41, 5.74) is 0. The topological polar surface area (TPSA) is 9.23 Å². The van der Waals surface area contributed by atoms with Crippen LogP contribution in [-0.4, -0.2) is 6.61 Å². The van der Waals surface area contributed by atoms with Gasteiger partial charge in [-0.05, 0) is 18.6 Å². The number of hydrogen-bond donors (Lipinski definition) is 1. The van der Waals surface area contributed by atoms with E-state index in [0.717, 1.165) is 23.7 Å². The first-order valence-corrected chi connectivity index (χ1v) is 8.70. The molecule has 0 heterocycles. The highest BCUT2D eigenvalue weighted by Crippen LogP contribution is 2.21. The number of ether oxygens (including phenoxy) is 1. The molecule has 0 N–H and O–H groups in total. The van der Waals surface area contributed by atoms with Crippen molar-refractivity contribution in [2.24, 2.45) is 0 Å². The monoisotopic (exact) mass is 294 g/mol. The van der Waals surface area contributed by atoms with E-state index >= 15 is 0 Å². The summed E-state index contributed by atoms with van der Waals surface area (Å²) in [6.07, 6.45) is 13.6. The van der Waals surface area contributed by atoms with Crippen LogP contribution in [-0.2, 0) is 0 Å². The summed E-state index contributed by atoms with van der Waals surface area (Å²) in [6.45, 7) is 3.09. The molecule has 1 nitrogen and oxygen atoms in total. The summed E-state index contributed by atoms with van der Waals surface area (Å²) < 4.78 is 5.73. The van der Waals surface area contributed by atoms with Crippen LogP contribution in [0.4, 0.5) is 0 Å². The van der Waals surface area contributed by atoms with E-state index in [2.05, 4.69) is 19.6 Å². The predicted molar refractivity (Wildman–Crippen MR) is 91.0 cm³/mol. The van der Waals surface area contributed by atoms with Crippen molar-refractivity contribution in [3.05, 3.63) is 24.3 Å². The predicted octanol–water partition coefficient (Wildman–Crippen LogP) is 6.28. The van der Waals surface area contributed by atoms with Gasteiger partial charge in [0.15, 0.2) is 0 Å². The third-order valence-corrected chi connectivity index (χ3v) is 3.99. The smallest absolute Gasteiger partial charge is 0.132 e. The highest BCUT2D eigenvalue weighted by molar-refractivity contribution is 7.80. The fraction of sp³-hybridized carbons (Fsp3) is 0.667. The zero-order chi connectivity index (χ0) is 14.5. The Morgan fingerprint density at radius 1 is 0.800 bits per heavy atom. The third kappa shape index (κ3) is 8.52. The van der Waals surface area contributed by atoms with Crippen LogP contribution in [0.5, 0.6) is 5.75 Å². The molecule has 20 heavy (non-hydrogen) atoms. The maximum atomic E-state index is 5.73. The Balaban J connectivity index is 1.87. The maximum absolute atomic E-state index is 5.73. The Morgan fingerprint density at radius 2 is 1.35 bits per heavy atom. The molecule has 0 aromatic heterocycles. The number of rotatable bonds is 12. The summed E-state index contributed by atoms with van der Waals surface area (Å²) in [5, 5.41) is 0. The number of hydrogen-bond acceptors (Lipinski definition) is 2. The summed E-state index contributed by atoms with van der Waals surface area (Å²) in [7, 11) is 0. The molecule has 0 spiro atoms. The molecule has 0 saturated carbocycles. The van der Waals surface area contributed by atoms with Gasteiger partial charge >= 0.3 is 0 Å². The SMILES string of the molecule is CCCCCCCCCCCCOc1ccccc1S. The Kier molecular flexibility index (Phi) is 10.6. The molecule has 114 valence electrons. The van der Waals surface area contributed by atoms with Crippen LogP contribution < -0.4 is 4.74 Å². The van der Waals surface area contributed by atoms with E-state index in [1.54, 1.807) is 0 Å². The lowest BCUT2D eigenvalue weighted by atomic mass is 10.1. The van der Waals surface area contributed by atoms with E-state index in [1.165, 1.54) is 57.8 Å². The van der Waals surface area contributed by atoms with Crippen molar-refractivity contribution in [2.45, 2.75) is 76.0 Å². The average Bonchev–Trinajstić information content (AvgIpc) is 2.46. The van der Waals surface area contributed by atoms with Crippen LogP contribution in [0.3, 0.4) is 0 Å². The molecular formula is C18H30OS. The summed E-state index contributed by atoms with van der Waals surface area (Å²) in [6, 6.07) is 7.93. The lowest BCUT2D eigenvalue weighted by Crippen LogP contribution is -1.97. The van der Waals surface area contributed by atoms with E-state index in [0.29, 0.717) is 0 Å². The fourth-order valence-corrected chi connectivity index (χ4v) is 2.58. The van der Waals surface area contributed by atoms with E-state index in [1.807, 2.05) is 24.3 Å². The van der Waals surface area contributed by atoms with Crippen LogP contribution in [0, 0.1) is 0 Å². The molecule has 0 saturated heterocycles. The van der Waals surface area contributed by atoms with E-state index in [-0.39, 0.29) is 0 Å². The van der Waals surface area contributed by atoms with Crippen molar-refractivity contribution < 1.29 is 4.74 Å². The van der Waals surface area contributed by atoms with Crippen molar-refractivity contribution in [3.8, 4) is 5.75 Å². The second kappa shape index (κ2) is 12.1. The number of unbranched alkanes of at least 4 members (excludes halogenated alkanes) is 9. The summed E-state index contributed by atoms with van der Waals surface area (Å²) >= 11 is 4.38. The van der Waals surface area contributed by atoms with Crippen molar-refractivity contribution in [1.82, 2.24) is 0 Å². The van der Waals surface area contributed by atoms with Crippen LogP contribution in [0.1, 0.15) is 71.1 Å². The molecule has 0 fully saturated rings. The van der Waals surface area contributed by atoms with Gasteiger partial charge in [0.25, 0.3) is 0 Å². The minimum Gasteiger partial charge on any atom is -0.492 e. The van der Waals surface area contributed by atoms with Crippen LogP contribution in [0.15, 0.2) is 29.2 Å². The highest BCUT2D eigenvalue weighted by atomic mass is 32.1. The molecule has 1 aromatic rings. The van der Waals surface area contributed by atoms with Crippen molar-refractivity contribution in [3.63, 3.8) is 0 Å². The van der Waals surface area contributed by atoms with Gasteiger partial charge in [0, 0.05) is 4.90 Å². The van der Waals surface area contributed by atoms with Crippen LogP contribution in [0.25, 0.3) is 0 Å². The number of para-hydroxylation sites is 1. The van der Waals surface area contributed by atoms with E-state index in [4.69, 9.17) is 4.74 Å². The minimum atomic E-state index is 0.814. The molecule has 0 unspecified atom stereocenters. The first-order chi connectivity index (χ1) is 9.84. The summed E-state index contributed by atoms with van der Waals surface area (Å²) in [5.74, 6) is 0.909. The summed E-state index contributed by atoms with van der Waals surface area (Å²) in [4.78, 5) is 0.930. The zero-order valence-corrected chi connectivity index (χ0v) is 13.8. The van der Waals surface area contributed by atoms with Gasteiger partial charge in [-0.1, -0.05) is 76.8 Å². The van der Waals surface area contributed by atoms with Gasteiger partial charge in [0.1, 0.15) is 5.75 Å². The van der Waals surface area contributed by atoms with Gasteiger partial charge in [0.05, 0.1) is 6.61 Å². The van der Waals surface area contributed by atoms with Gasteiger partial charge in [-0.15, -0.1) is 12.6 Å². The Bertz CT molecular complexity index is 338.